The van der Waals surface area contributed by atoms with Gasteiger partial charge in [-0.2, -0.15) is 0 Å². The lowest BCUT2D eigenvalue weighted by Gasteiger charge is -2.18. The number of aromatic nitrogens is 1. The number of carbonyl (C=O) groups excluding carboxylic acids is 2. The van der Waals surface area contributed by atoms with Crippen LogP contribution in [0.2, 0.25) is 15.1 Å². The summed E-state index contributed by atoms with van der Waals surface area (Å²) in [6.45, 7) is 0.519. The van der Waals surface area contributed by atoms with Gasteiger partial charge in [0.15, 0.2) is 0 Å². The van der Waals surface area contributed by atoms with Crippen molar-refractivity contribution in [2.75, 3.05) is 16.8 Å². The zero-order chi connectivity index (χ0) is 18.1. The van der Waals surface area contributed by atoms with E-state index in [0.29, 0.717) is 34.5 Å². The highest BCUT2D eigenvalue weighted by molar-refractivity contribution is 6.42. The lowest BCUT2D eigenvalue weighted by atomic mass is 10.2. The smallest absolute Gasteiger partial charge is 0.250 e. The number of halogens is 3. The highest BCUT2D eigenvalue weighted by Gasteiger charge is 2.33. The molecule has 1 atom stereocenters. The van der Waals surface area contributed by atoms with Crippen molar-refractivity contribution >= 4 is 58.1 Å². The summed E-state index contributed by atoms with van der Waals surface area (Å²) in [6, 6.07) is 5.96. The van der Waals surface area contributed by atoms with E-state index in [0.717, 1.165) is 0 Å². The molecule has 0 bridgehead atoms. The highest BCUT2D eigenvalue weighted by Crippen LogP contribution is 2.31. The van der Waals surface area contributed by atoms with Crippen LogP contribution in [0.3, 0.4) is 0 Å². The van der Waals surface area contributed by atoms with Crippen LogP contribution in [0.5, 0.6) is 0 Å². The second-order valence-electron chi connectivity index (χ2n) is 5.49. The number of pyridine rings is 1. The van der Waals surface area contributed by atoms with Crippen molar-refractivity contribution in [3.8, 4) is 0 Å². The Morgan fingerprint density at radius 1 is 1.20 bits per heavy atom. The van der Waals surface area contributed by atoms with Gasteiger partial charge >= 0.3 is 0 Å². The maximum atomic E-state index is 12.6. The van der Waals surface area contributed by atoms with Crippen LogP contribution in [0, 0.1) is 0 Å². The van der Waals surface area contributed by atoms with Gasteiger partial charge in [-0.15, -0.1) is 0 Å². The lowest BCUT2D eigenvalue weighted by molar-refractivity contribution is -0.117. The standard InChI is InChI=1S/C16H13Cl3N4O2/c17-10-2-1-9(6-11(10)18)23-4-3-13(16(23)25)22-15-12(19)5-8(7-21-15)14(20)24/h1-2,5-7,13H,3-4H2,(H2,20,24)(H,21,22). The van der Waals surface area contributed by atoms with Crippen molar-refractivity contribution in [1.82, 2.24) is 4.98 Å². The third-order valence-electron chi connectivity index (χ3n) is 3.86. The number of nitrogens with zero attached hydrogens (tertiary/aromatic N) is 2. The number of carbonyl (C=O) groups is 2. The van der Waals surface area contributed by atoms with Crippen LogP contribution in [-0.4, -0.2) is 29.4 Å². The number of primary amides is 1. The maximum Gasteiger partial charge on any atom is 0.250 e. The molecule has 9 heteroatoms. The number of hydrogen-bond donors (Lipinski definition) is 2. The third-order valence-corrected chi connectivity index (χ3v) is 4.88. The number of rotatable bonds is 4. The van der Waals surface area contributed by atoms with Crippen molar-refractivity contribution in [2.24, 2.45) is 5.73 Å². The number of anilines is 2. The summed E-state index contributed by atoms with van der Waals surface area (Å²) < 4.78 is 0. The molecule has 2 amide bonds. The van der Waals surface area contributed by atoms with Crippen LogP contribution in [0.25, 0.3) is 0 Å². The fourth-order valence-corrected chi connectivity index (χ4v) is 3.08. The fraction of sp³-hybridized carbons (Fsp3) is 0.188. The molecule has 0 spiro atoms. The third kappa shape index (κ3) is 3.66. The SMILES string of the molecule is NC(=O)c1cnc(NC2CCN(c3ccc(Cl)c(Cl)c3)C2=O)c(Cl)c1. The molecule has 1 aromatic heterocycles. The van der Waals surface area contributed by atoms with E-state index in [1.807, 2.05) is 0 Å². The summed E-state index contributed by atoms with van der Waals surface area (Å²) in [5.74, 6) is -0.431. The maximum absolute atomic E-state index is 12.6. The van der Waals surface area contributed by atoms with Crippen LogP contribution < -0.4 is 16.0 Å². The van der Waals surface area contributed by atoms with Gasteiger partial charge in [0.2, 0.25) is 11.8 Å². The molecule has 2 heterocycles. The summed E-state index contributed by atoms with van der Waals surface area (Å²) in [4.78, 5) is 29.5. The van der Waals surface area contributed by atoms with Crippen molar-refractivity contribution in [3.05, 3.63) is 51.1 Å². The summed E-state index contributed by atoms with van der Waals surface area (Å²) in [5, 5.41) is 4.04. The Morgan fingerprint density at radius 2 is 1.96 bits per heavy atom. The first-order valence-corrected chi connectivity index (χ1v) is 8.48. The monoisotopic (exact) mass is 398 g/mol. The lowest BCUT2D eigenvalue weighted by Crippen LogP contribution is -2.33. The van der Waals surface area contributed by atoms with E-state index in [9.17, 15) is 9.59 Å². The number of nitrogens with two attached hydrogens (primary N) is 1. The van der Waals surface area contributed by atoms with Crippen LogP contribution in [0.15, 0.2) is 30.5 Å². The van der Waals surface area contributed by atoms with Gasteiger partial charge in [0.1, 0.15) is 11.9 Å². The van der Waals surface area contributed by atoms with E-state index in [2.05, 4.69) is 10.3 Å². The van der Waals surface area contributed by atoms with Crippen molar-refractivity contribution in [1.29, 1.82) is 0 Å². The van der Waals surface area contributed by atoms with Gasteiger partial charge in [0.05, 0.1) is 20.6 Å². The molecule has 0 radical (unpaired) electrons. The molecular weight excluding hydrogens is 387 g/mol. The molecule has 2 aromatic rings. The Balaban J connectivity index is 1.76. The van der Waals surface area contributed by atoms with E-state index in [1.54, 1.807) is 23.1 Å². The Bertz CT molecular complexity index is 859. The Hall–Kier alpha value is -2.02. The molecule has 130 valence electrons. The minimum atomic E-state index is -0.622. The van der Waals surface area contributed by atoms with E-state index in [1.165, 1.54) is 12.3 Å². The quantitative estimate of drug-likeness (QED) is 0.825. The summed E-state index contributed by atoms with van der Waals surface area (Å²) in [6.07, 6.45) is 1.88. The first kappa shape index (κ1) is 17.8. The molecule has 1 unspecified atom stereocenters. The van der Waals surface area contributed by atoms with Gasteiger partial charge in [-0.05, 0) is 30.7 Å². The molecule has 1 aliphatic heterocycles. The summed E-state index contributed by atoms with van der Waals surface area (Å²) in [7, 11) is 0. The average molecular weight is 400 g/mol. The number of benzene rings is 1. The Kier molecular flexibility index (Phi) is 5.03. The predicted octanol–water partition coefficient (Wildman–Crippen LogP) is 3.36. The Morgan fingerprint density at radius 3 is 2.60 bits per heavy atom. The van der Waals surface area contributed by atoms with E-state index >= 15 is 0 Å². The molecule has 1 saturated heterocycles. The molecule has 25 heavy (non-hydrogen) atoms. The molecule has 0 saturated carbocycles. The second kappa shape index (κ2) is 7.07. The fourth-order valence-electron chi connectivity index (χ4n) is 2.57. The highest BCUT2D eigenvalue weighted by atomic mass is 35.5. The van der Waals surface area contributed by atoms with Crippen LogP contribution in [0.1, 0.15) is 16.8 Å². The van der Waals surface area contributed by atoms with Gasteiger partial charge in [0, 0.05) is 18.4 Å². The molecule has 1 aliphatic rings. The first-order valence-electron chi connectivity index (χ1n) is 7.35. The van der Waals surface area contributed by atoms with Gasteiger partial charge < -0.3 is 16.0 Å². The summed E-state index contributed by atoms with van der Waals surface area (Å²) in [5.41, 5.74) is 6.06. The number of hydrogen-bond acceptors (Lipinski definition) is 4. The minimum Gasteiger partial charge on any atom is -0.366 e. The molecule has 6 nitrogen and oxygen atoms in total. The average Bonchev–Trinajstić information content (AvgIpc) is 2.93. The predicted molar refractivity (Wildman–Crippen MR) is 98.6 cm³/mol. The van der Waals surface area contributed by atoms with Crippen LogP contribution in [-0.2, 0) is 4.79 Å². The molecule has 1 fully saturated rings. The second-order valence-corrected chi connectivity index (χ2v) is 6.71. The number of amides is 2. The largest absolute Gasteiger partial charge is 0.366 e. The molecule has 3 rings (SSSR count). The molecule has 3 N–H and O–H groups in total. The van der Waals surface area contributed by atoms with Crippen molar-refractivity contribution in [3.63, 3.8) is 0 Å². The summed E-state index contributed by atoms with van der Waals surface area (Å²) >= 11 is 18.0. The Labute approximate surface area is 158 Å². The topological polar surface area (TPSA) is 88.3 Å². The van der Waals surface area contributed by atoms with Gasteiger partial charge in [-0.25, -0.2) is 4.98 Å². The van der Waals surface area contributed by atoms with Gasteiger partial charge in [-0.1, -0.05) is 34.8 Å². The minimum absolute atomic E-state index is 0.129. The molecule has 1 aromatic carbocycles. The van der Waals surface area contributed by atoms with Crippen molar-refractivity contribution < 1.29 is 9.59 Å². The van der Waals surface area contributed by atoms with E-state index in [4.69, 9.17) is 40.5 Å². The van der Waals surface area contributed by atoms with E-state index in [-0.39, 0.29) is 16.5 Å². The zero-order valence-corrected chi connectivity index (χ0v) is 15.1. The van der Waals surface area contributed by atoms with Crippen LogP contribution >= 0.6 is 34.8 Å². The van der Waals surface area contributed by atoms with Gasteiger partial charge in [0.25, 0.3) is 0 Å². The molecular formula is C16H13Cl3N4O2. The number of nitrogens with one attached hydrogen (secondary N) is 1. The van der Waals surface area contributed by atoms with Gasteiger partial charge in [-0.3, -0.25) is 9.59 Å². The normalized spacial score (nSPS) is 17.0. The van der Waals surface area contributed by atoms with Crippen molar-refractivity contribution in [2.45, 2.75) is 12.5 Å². The first-order chi connectivity index (χ1) is 11.9. The molecule has 0 aliphatic carbocycles. The van der Waals surface area contributed by atoms with E-state index < -0.39 is 11.9 Å². The zero-order valence-electron chi connectivity index (χ0n) is 12.8. The van der Waals surface area contributed by atoms with Crippen LogP contribution in [0.4, 0.5) is 11.5 Å².